The van der Waals surface area contributed by atoms with Crippen molar-refractivity contribution in [2.75, 3.05) is 5.73 Å². The molecule has 4 nitrogen and oxygen atoms in total. The molecule has 0 bridgehead atoms. The second-order valence-corrected chi connectivity index (χ2v) is 2.92. The molecule has 8 heteroatoms. The maximum Gasteiger partial charge on any atom is 0.573 e. The molecule has 0 aliphatic carbocycles. The van der Waals surface area contributed by atoms with Crippen molar-refractivity contribution >= 4 is 17.3 Å². The first kappa shape index (κ1) is 11.9. The molecule has 0 saturated heterocycles. The molecule has 0 spiro atoms. The molecule has 1 aromatic heterocycles. The van der Waals surface area contributed by atoms with E-state index in [1.165, 1.54) is 0 Å². The van der Waals surface area contributed by atoms with Gasteiger partial charge in [-0.05, 0) is 0 Å². The van der Waals surface area contributed by atoms with Crippen molar-refractivity contribution < 1.29 is 17.9 Å². The first-order chi connectivity index (χ1) is 6.83. The Bertz CT molecular complexity index is 369. The highest BCUT2D eigenvalue weighted by molar-refractivity contribution is 6.31. The van der Waals surface area contributed by atoms with Gasteiger partial charge in [-0.25, -0.2) is 4.98 Å². The van der Waals surface area contributed by atoms with Crippen LogP contribution >= 0.6 is 11.6 Å². The molecule has 1 aromatic rings. The largest absolute Gasteiger partial charge is 0.573 e. The van der Waals surface area contributed by atoms with E-state index in [0.717, 1.165) is 6.07 Å². The van der Waals surface area contributed by atoms with Crippen molar-refractivity contribution in [3.63, 3.8) is 0 Å². The minimum Gasteiger partial charge on any atom is -0.404 e. The van der Waals surface area contributed by atoms with E-state index in [1.807, 2.05) is 0 Å². The van der Waals surface area contributed by atoms with Crippen LogP contribution in [0, 0.1) is 0 Å². The number of ether oxygens (including phenoxy) is 1. The van der Waals surface area contributed by atoms with Gasteiger partial charge < -0.3 is 16.2 Å². The van der Waals surface area contributed by atoms with Gasteiger partial charge in [0.05, 0.1) is 11.4 Å². The Morgan fingerprint density at radius 3 is 2.53 bits per heavy atom. The van der Waals surface area contributed by atoms with Crippen molar-refractivity contribution in [2.24, 2.45) is 5.73 Å². The van der Waals surface area contributed by atoms with Gasteiger partial charge in [0.1, 0.15) is 0 Å². The molecule has 0 amide bonds. The Kier molecular flexibility index (Phi) is 3.25. The van der Waals surface area contributed by atoms with E-state index in [0.29, 0.717) is 0 Å². The van der Waals surface area contributed by atoms with Crippen molar-refractivity contribution in [1.82, 2.24) is 4.98 Å². The maximum atomic E-state index is 11.9. The number of anilines is 1. The molecule has 0 aromatic carbocycles. The average Bonchev–Trinajstić information content (AvgIpc) is 2.08. The van der Waals surface area contributed by atoms with Crippen LogP contribution in [0.1, 0.15) is 5.69 Å². The lowest BCUT2D eigenvalue weighted by Gasteiger charge is -2.12. The van der Waals surface area contributed by atoms with E-state index in [2.05, 4.69) is 9.72 Å². The van der Waals surface area contributed by atoms with Gasteiger partial charge in [-0.15, -0.1) is 13.2 Å². The van der Waals surface area contributed by atoms with Crippen molar-refractivity contribution in [2.45, 2.75) is 12.9 Å². The maximum absolute atomic E-state index is 11.9. The van der Waals surface area contributed by atoms with Gasteiger partial charge in [-0.1, -0.05) is 11.6 Å². The number of nitrogens with two attached hydrogens (primary N) is 2. The fourth-order valence-electron chi connectivity index (χ4n) is 0.882. The molecule has 0 aliphatic heterocycles. The van der Waals surface area contributed by atoms with Gasteiger partial charge in [0.2, 0.25) is 0 Å². The molecule has 0 saturated carbocycles. The Balaban J connectivity index is 3.11. The Hall–Kier alpha value is -1.21. The second-order valence-electron chi connectivity index (χ2n) is 2.57. The monoisotopic (exact) mass is 241 g/mol. The van der Waals surface area contributed by atoms with Crippen molar-refractivity contribution in [3.8, 4) is 5.75 Å². The van der Waals surface area contributed by atoms with E-state index in [1.54, 1.807) is 0 Å². The lowest BCUT2D eigenvalue weighted by molar-refractivity contribution is -0.275. The van der Waals surface area contributed by atoms with E-state index >= 15 is 0 Å². The number of pyridine rings is 1. The lowest BCUT2D eigenvalue weighted by Crippen LogP contribution is -2.19. The number of hydrogen-bond donors (Lipinski definition) is 2. The standard InChI is InChI=1S/C7H7ClF3N3O/c8-6-3(13)1-5(4(2-12)14-6)15-7(9,10)11/h1H,2,12-13H2. The molecular weight excluding hydrogens is 235 g/mol. The van der Waals surface area contributed by atoms with E-state index < -0.39 is 12.1 Å². The number of alkyl halides is 3. The van der Waals surface area contributed by atoms with Crippen LogP contribution in [0.3, 0.4) is 0 Å². The summed E-state index contributed by atoms with van der Waals surface area (Å²) < 4.78 is 39.5. The van der Waals surface area contributed by atoms with E-state index in [4.69, 9.17) is 23.1 Å². The highest BCUT2D eigenvalue weighted by Gasteiger charge is 2.32. The number of rotatable bonds is 2. The number of nitrogen functional groups attached to an aromatic ring is 1. The number of hydrogen-bond acceptors (Lipinski definition) is 4. The molecule has 1 rings (SSSR count). The second kappa shape index (κ2) is 4.11. The summed E-state index contributed by atoms with van der Waals surface area (Å²) in [5.41, 5.74) is 10.3. The molecule has 15 heavy (non-hydrogen) atoms. The average molecular weight is 242 g/mol. The minimum absolute atomic E-state index is 0.104. The number of halogens is 4. The van der Waals surface area contributed by atoms with Crippen LogP contribution in [0.5, 0.6) is 5.75 Å². The summed E-state index contributed by atoms with van der Waals surface area (Å²) in [5.74, 6) is -0.535. The predicted molar refractivity (Wildman–Crippen MR) is 48.2 cm³/mol. The normalized spacial score (nSPS) is 11.5. The van der Waals surface area contributed by atoms with Crippen LogP contribution in [0.15, 0.2) is 6.07 Å². The zero-order valence-corrected chi connectivity index (χ0v) is 8.06. The smallest absolute Gasteiger partial charge is 0.404 e. The summed E-state index contributed by atoms with van der Waals surface area (Å²) in [5, 5.41) is -0.107. The third-order valence-corrected chi connectivity index (χ3v) is 1.76. The van der Waals surface area contributed by atoms with Crippen LogP contribution in [0.25, 0.3) is 0 Å². The minimum atomic E-state index is -4.81. The van der Waals surface area contributed by atoms with Crippen molar-refractivity contribution in [3.05, 3.63) is 16.9 Å². The lowest BCUT2D eigenvalue weighted by atomic mass is 10.3. The van der Waals surface area contributed by atoms with Crippen LogP contribution in [0.2, 0.25) is 5.15 Å². The number of nitrogens with zero attached hydrogens (tertiary/aromatic N) is 1. The van der Waals surface area contributed by atoms with E-state index in [9.17, 15) is 13.2 Å². The van der Waals surface area contributed by atoms with Gasteiger partial charge in [-0.3, -0.25) is 0 Å². The summed E-state index contributed by atoms with van der Waals surface area (Å²) in [6, 6.07) is 0.936. The first-order valence-corrected chi connectivity index (χ1v) is 4.12. The fourth-order valence-corrected chi connectivity index (χ4v) is 1.04. The quantitative estimate of drug-likeness (QED) is 0.773. The van der Waals surface area contributed by atoms with Crippen LogP contribution in [-0.2, 0) is 6.54 Å². The summed E-state index contributed by atoms with van der Waals surface area (Å²) in [6.07, 6.45) is -4.81. The molecule has 0 unspecified atom stereocenters. The van der Waals surface area contributed by atoms with Crippen LogP contribution in [-0.4, -0.2) is 11.3 Å². The van der Waals surface area contributed by atoms with Gasteiger partial charge in [0, 0.05) is 12.6 Å². The van der Waals surface area contributed by atoms with E-state index in [-0.39, 0.29) is 23.1 Å². The molecule has 0 fully saturated rings. The number of aromatic nitrogens is 1. The topological polar surface area (TPSA) is 74.2 Å². The zero-order valence-electron chi connectivity index (χ0n) is 7.31. The predicted octanol–water partition coefficient (Wildman–Crippen LogP) is 1.67. The Labute approximate surface area is 88.0 Å². The van der Waals surface area contributed by atoms with Crippen molar-refractivity contribution in [1.29, 1.82) is 0 Å². The molecule has 1 heterocycles. The zero-order chi connectivity index (χ0) is 11.6. The van der Waals surface area contributed by atoms with Gasteiger partial charge in [0.25, 0.3) is 0 Å². The Morgan fingerprint density at radius 1 is 1.47 bits per heavy atom. The van der Waals surface area contributed by atoms with Gasteiger partial charge >= 0.3 is 6.36 Å². The third kappa shape index (κ3) is 3.14. The molecule has 0 atom stereocenters. The molecule has 4 N–H and O–H groups in total. The summed E-state index contributed by atoms with van der Waals surface area (Å²) in [6.45, 7) is -0.231. The molecule has 0 radical (unpaired) electrons. The highest BCUT2D eigenvalue weighted by atomic mass is 35.5. The fraction of sp³-hybridized carbons (Fsp3) is 0.286. The molecular formula is C7H7ClF3N3O. The van der Waals surface area contributed by atoms with Gasteiger partial charge in [-0.2, -0.15) is 0 Å². The highest BCUT2D eigenvalue weighted by Crippen LogP contribution is 2.29. The third-order valence-electron chi connectivity index (χ3n) is 1.46. The summed E-state index contributed by atoms with van der Waals surface area (Å²) >= 11 is 5.51. The van der Waals surface area contributed by atoms with Crippen LogP contribution in [0.4, 0.5) is 18.9 Å². The Morgan fingerprint density at radius 2 is 2.07 bits per heavy atom. The molecule has 84 valence electrons. The first-order valence-electron chi connectivity index (χ1n) is 3.74. The SMILES string of the molecule is NCc1nc(Cl)c(N)cc1OC(F)(F)F. The van der Waals surface area contributed by atoms with Gasteiger partial charge in [0.15, 0.2) is 10.9 Å². The van der Waals surface area contributed by atoms with Crippen LogP contribution < -0.4 is 16.2 Å². The summed E-state index contributed by atoms with van der Waals surface area (Å²) in [4.78, 5) is 3.57. The molecule has 0 aliphatic rings. The summed E-state index contributed by atoms with van der Waals surface area (Å²) in [7, 11) is 0.